The van der Waals surface area contributed by atoms with Crippen LogP contribution in [0.1, 0.15) is 13.3 Å². The van der Waals surface area contributed by atoms with E-state index in [9.17, 15) is 0 Å². The lowest BCUT2D eigenvalue weighted by atomic mass is 10.2. The minimum atomic E-state index is 1.08. The maximum atomic E-state index is 3.56. The number of hydrogen-bond donors (Lipinski definition) is 0. The van der Waals surface area contributed by atoms with Crippen molar-refractivity contribution in [3.05, 3.63) is 17.9 Å². The van der Waals surface area contributed by atoms with Gasteiger partial charge in [-0.2, -0.15) is 0 Å². The molecule has 0 aromatic carbocycles. The molecule has 1 heteroatoms. The molecular formula is C8H15N. The quantitative estimate of drug-likeness (QED) is 0.519. The number of nitrogens with zero attached hydrogens (tertiary/aromatic N) is 1. The van der Waals surface area contributed by atoms with Crippen LogP contribution in [0.25, 0.3) is 0 Å². The molecule has 9 heavy (non-hydrogen) atoms. The molecule has 0 aliphatic heterocycles. The monoisotopic (exact) mass is 125 g/mol. The fourth-order valence-corrected chi connectivity index (χ4v) is 0.480. The standard InChI is InChI=1S/C8H15N/c1-5-8(2)6-7-9(3)4/h1,6-7H2,2-4H3. The fraction of sp³-hybridized carbons (Fsp3) is 0.625. The summed E-state index contributed by atoms with van der Waals surface area (Å²) in [4.78, 5) is 2.15. The van der Waals surface area contributed by atoms with E-state index in [4.69, 9.17) is 0 Å². The predicted octanol–water partition coefficient (Wildman–Crippen LogP) is 1.67. The van der Waals surface area contributed by atoms with Crippen LogP contribution in [-0.4, -0.2) is 25.5 Å². The molecule has 0 spiro atoms. The Labute approximate surface area is 57.7 Å². The first kappa shape index (κ1) is 8.48. The van der Waals surface area contributed by atoms with Gasteiger partial charge in [-0.15, -0.1) is 5.73 Å². The van der Waals surface area contributed by atoms with E-state index in [1.807, 2.05) is 0 Å². The topological polar surface area (TPSA) is 3.24 Å². The SMILES string of the molecule is C=C=C(C)CCN(C)C. The highest BCUT2D eigenvalue weighted by Gasteiger charge is 1.89. The van der Waals surface area contributed by atoms with E-state index in [-0.39, 0.29) is 0 Å². The molecule has 0 aromatic rings. The van der Waals surface area contributed by atoms with Crippen molar-refractivity contribution in [2.45, 2.75) is 13.3 Å². The first-order valence-corrected chi connectivity index (χ1v) is 3.17. The van der Waals surface area contributed by atoms with Crippen LogP contribution in [0.3, 0.4) is 0 Å². The number of rotatable bonds is 3. The van der Waals surface area contributed by atoms with E-state index >= 15 is 0 Å². The van der Waals surface area contributed by atoms with Crippen LogP contribution < -0.4 is 0 Å². The van der Waals surface area contributed by atoms with Gasteiger partial charge < -0.3 is 4.90 Å². The highest BCUT2D eigenvalue weighted by Crippen LogP contribution is 1.95. The van der Waals surface area contributed by atoms with Gasteiger partial charge in [0, 0.05) is 6.54 Å². The zero-order valence-electron chi connectivity index (χ0n) is 6.57. The summed E-state index contributed by atoms with van der Waals surface area (Å²) < 4.78 is 0. The Morgan fingerprint density at radius 3 is 2.44 bits per heavy atom. The van der Waals surface area contributed by atoms with Gasteiger partial charge in [-0.3, -0.25) is 0 Å². The molecule has 0 aliphatic rings. The van der Waals surface area contributed by atoms with Crippen molar-refractivity contribution in [1.82, 2.24) is 4.90 Å². The van der Waals surface area contributed by atoms with Crippen molar-refractivity contribution < 1.29 is 0 Å². The van der Waals surface area contributed by atoms with Crippen molar-refractivity contribution in [2.75, 3.05) is 20.6 Å². The molecule has 52 valence electrons. The summed E-state index contributed by atoms with van der Waals surface area (Å²) in [6, 6.07) is 0. The first-order chi connectivity index (χ1) is 4.16. The minimum Gasteiger partial charge on any atom is -0.309 e. The Morgan fingerprint density at radius 1 is 1.56 bits per heavy atom. The second-order valence-electron chi connectivity index (χ2n) is 2.51. The van der Waals surface area contributed by atoms with E-state index in [1.165, 1.54) is 5.57 Å². The third-order valence-electron chi connectivity index (χ3n) is 1.24. The van der Waals surface area contributed by atoms with Crippen LogP contribution in [0.15, 0.2) is 17.9 Å². The summed E-state index contributed by atoms with van der Waals surface area (Å²) in [6.07, 6.45) is 1.08. The molecule has 0 heterocycles. The molecule has 0 radical (unpaired) electrons. The van der Waals surface area contributed by atoms with Crippen molar-refractivity contribution in [1.29, 1.82) is 0 Å². The highest BCUT2D eigenvalue weighted by molar-refractivity contribution is 4.94. The van der Waals surface area contributed by atoms with Gasteiger partial charge in [0.2, 0.25) is 0 Å². The summed E-state index contributed by atoms with van der Waals surface area (Å²) in [5.74, 6) is 0. The summed E-state index contributed by atoms with van der Waals surface area (Å²) in [5, 5.41) is 0. The Morgan fingerprint density at radius 2 is 2.11 bits per heavy atom. The van der Waals surface area contributed by atoms with E-state index in [0.29, 0.717) is 0 Å². The lowest BCUT2D eigenvalue weighted by molar-refractivity contribution is 0.413. The third-order valence-corrected chi connectivity index (χ3v) is 1.24. The molecule has 1 nitrogen and oxygen atoms in total. The van der Waals surface area contributed by atoms with Gasteiger partial charge in [0.15, 0.2) is 0 Å². The van der Waals surface area contributed by atoms with Crippen LogP contribution in [0.5, 0.6) is 0 Å². The van der Waals surface area contributed by atoms with Crippen LogP contribution in [0.4, 0.5) is 0 Å². The maximum Gasteiger partial charge on any atom is 0.00185 e. The van der Waals surface area contributed by atoms with E-state index in [1.54, 1.807) is 0 Å². The second-order valence-corrected chi connectivity index (χ2v) is 2.51. The van der Waals surface area contributed by atoms with Crippen LogP contribution in [0, 0.1) is 0 Å². The van der Waals surface area contributed by atoms with Gasteiger partial charge in [-0.1, -0.05) is 6.58 Å². The average molecular weight is 125 g/mol. The van der Waals surface area contributed by atoms with E-state index < -0.39 is 0 Å². The van der Waals surface area contributed by atoms with Crippen molar-refractivity contribution in [3.8, 4) is 0 Å². The molecule has 0 amide bonds. The minimum absolute atomic E-state index is 1.08. The normalized spacial score (nSPS) is 9.33. The van der Waals surface area contributed by atoms with Gasteiger partial charge >= 0.3 is 0 Å². The molecule has 0 rings (SSSR count). The van der Waals surface area contributed by atoms with Gasteiger partial charge in [0.05, 0.1) is 0 Å². The fourth-order valence-electron chi connectivity index (χ4n) is 0.480. The van der Waals surface area contributed by atoms with Gasteiger partial charge in [0.1, 0.15) is 0 Å². The molecule has 0 fully saturated rings. The Bertz CT molecular complexity index is 119. The summed E-state index contributed by atoms with van der Waals surface area (Å²) in [7, 11) is 4.13. The summed E-state index contributed by atoms with van der Waals surface area (Å²) >= 11 is 0. The molecular weight excluding hydrogens is 110 g/mol. The molecule has 0 saturated heterocycles. The molecule has 0 bridgehead atoms. The van der Waals surface area contributed by atoms with E-state index in [0.717, 1.165) is 13.0 Å². The first-order valence-electron chi connectivity index (χ1n) is 3.17. The van der Waals surface area contributed by atoms with Crippen molar-refractivity contribution in [2.24, 2.45) is 0 Å². The smallest absolute Gasteiger partial charge is 0.00185 e. The average Bonchev–Trinajstić information content (AvgIpc) is 1.83. The highest BCUT2D eigenvalue weighted by atomic mass is 15.0. The Balaban J connectivity index is 3.40. The Kier molecular flexibility index (Phi) is 4.12. The number of hydrogen-bond acceptors (Lipinski definition) is 1. The van der Waals surface area contributed by atoms with Gasteiger partial charge in [-0.05, 0) is 33.0 Å². The summed E-state index contributed by atoms with van der Waals surface area (Å²) in [6.45, 7) is 6.70. The van der Waals surface area contributed by atoms with Gasteiger partial charge in [0.25, 0.3) is 0 Å². The maximum absolute atomic E-state index is 3.56. The van der Waals surface area contributed by atoms with Crippen molar-refractivity contribution >= 4 is 0 Å². The molecule has 0 unspecified atom stereocenters. The molecule has 0 N–H and O–H groups in total. The van der Waals surface area contributed by atoms with Crippen LogP contribution in [0.2, 0.25) is 0 Å². The predicted molar refractivity (Wildman–Crippen MR) is 41.5 cm³/mol. The largest absolute Gasteiger partial charge is 0.309 e. The Hall–Kier alpha value is -0.520. The zero-order valence-corrected chi connectivity index (χ0v) is 6.57. The lowest BCUT2D eigenvalue weighted by Crippen LogP contribution is -2.12. The lowest BCUT2D eigenvalue weighted by Gasteiger charge is -2.07. The summed E-state index contributed by atoms with van der Waals surface area (Å²) in [5.41, 5.74) is 4.10. The third kappa shape index (κ3) is 5.35. The zero-order chi connectivity index (χ0) is 7.28. The molecule has 0 aromatic heterocycles. The van der Waals surface area contributed by atoms with Crippen molar-refractivity contribution in [3.63, 3.8) is 0 Å². The van der Waals surface area contributed by atoms with Gasteiger partial charge in [-0.25, -0.2) is 0 Å². The van der Waals surface area contributed by atoms with E-state index in [2.05, 4.69) is 38.2 Å². The molecule has 0 aliphatic carbocycles. The molecule has 0 saturated carbocycles. The van der Waals surface area contributed by atoms with Crippen LogP contribution in [-0.2, 0) is 0 Å². The second kappa shape index (κ2) is 4.37. The van der Waals surface area contributed by atoms with Crippen LogP contribution >= 0.6 is 0 Å². The molecule has 0 atom stereocenters.